The number of carbonyl (C=O) groups is 2. The van der Waals surface area contributed by atoms with Gasteiger partial charge in [0.1, 0.15) is 0 Å². The van der Waals surface area contributed by atoms with E-state index >= 15 is 0 Å². The number of nitrogens with one attached hydrogen (secondary N) is 1. The van der Waals surface area contributed by atoms with Gasteiger partial charge in [-0.2, -0.15) is 0 Å². The zero-order valence-corrected chi connectivity index (χ0v) is 16.1. The fourth-order valence-electron chi connectivity index (χ4n) is 2.58. The number of rotatable bonds is 8. The zero-order valence-electron chi connectivity index (χ0n) is 14.5. The van der Waals surface area contributed by atoms with Crippen LogP contribution in [-0.4, -0.2) is 37.2 Å². The molecule has 0 aliphatic carbocycles. The Labute approximate surface area is 157 Å². The first kappa shape index (κ1) is 19.3. The maximum Gasteiger partial charge on any atom is 0.220 e. The number of benzene rings is 2. The number of hydrogen-bond acceptors (Lipinski definition) is 3. The lowest BCUT2D eigenvalue weighted by atomic mass is 10.1. The highest BCUT2D eigenvalue weighted by Crippen LogP contribution is 2.17. The summed E-state index contributed by atoms with van der Waals surface area (Å²) in [4.78, 5) is 26.3. The Morgan fingerprint density at radius 3 is 2.24 bits per heavy atom. The van der Waals surface area contributed by atoms with Crippen LogP contribution < -0.4 is 5.32 Å². The van der Waals surface area contributed by atoms with Crippen molar-refractivity contribution in [3.8, 4) is 0 Å². The molecule has 0 aromatic heterocycles. The van der Waals surface area contributed by atoms with Crippen molar-refractivity contribution >= 4 is 27.6 Å². The lowest BCUT2D eigenvalue weighted by Gasteiger charge is -2.25. The quantitative estimate of drug-likeness (QED) is 0.682. The van der Waals surface area contributed by atoms with E-state index in [1.54, 1.807) is 12.1 Å². The molecule has 0 fully saturated rings. The van der Waals surface area contributed by atoms with Gasteiger partial charge in [0.05, 0.1) is 6.04 Å². The van der Waals surface area contributed by atoms with Gasteiger partial charge in [0.2, 0.25) is 5.91 Å². The Morgan fingerprint density at radius 2 is 1.64 bits per heavy atom. The molecule has 2 rings (SSSR count). The van der Waals surface area contributed by atoms with Gasteiger partial charge in [0, 0.05) is 29.4 Å². The average Bonchev–Trinajstić information content (AvgIpc) is 2.61. The molecule has 0 spiro atoms. The Balaban J connectivity index is 1.83. The average molecular weight is 403 g/mol. The van der Waals surface area contributed by atoms with Gasteiger partial charge >= 0.3 is 0 Å². The molecule has 0 heterocycles. The third kappa shape index (κ3) is 6.11. The molecule has 132 valence electrons. The largest absolute Gasteiger partial charge is 0.354 e. The molecule has 1 N–H and O–H groups in total. The first-order valence-corrected chi connectivity index (χ1v) is 9.03. The third-order valence-electron chi connectivity index (χ3n) is 4.05. The molecule has 25 heavy (non-hydrogen) atoms. The summed E-state index contributed by atoms with van der Waals surface area (Å²) in [5.74, 6) is -0.122. The maximum absolute atomic E-state index is 12.1. The second-order valence-corrected chi connectivity index (χ2v) is 7.04. The second kappa shape index (κ2) is 9.49. The molecule has 0 saturated heterocycles. The van der Waals surface area contributed by atoms with E-state index in [1.165, 1.54) is 0 Å². The fourth-order valence-corrected chi connectivity index (χ4v) is 2.84. The van der Waals surface area contributed by atoms with Crippen LogP contribution in [0.2, 0.25) is 0 Å². The number of amides is 1. The Morgan fingerprint density at radius 1 is 1.00 bits per heavy atom. The molecular formula is C20H23BrN2O2. The standard InChI is InChI=1S/C20H23BrN2O2/c1-23(2)18(15-6-4-3-5-7-15)14-22-20(25)13-12-19(24)16-8-10-17(21)11-9-16/h3-11,18H,12-14H2,1-2H3,(H,22,25)/t18-/m1/s1. The molecule has 0 unspecified atom stereocenters. The summed E-state index contributed by atoms with van der Waals surface area (Å²) < 4.78 is 0.928. The number of hydrogen-bond donors (Lipinski definition) is 1. The van der Waals surface area contributed by atoms with Crippen LogP contribution in [0.5, 0.6) is 0 Å². The van der Waals surface area contributed by atoms with Crippen molar-refractivity contribution in [3.63, 3.8) is 0 Å². The van der Waals surface area contributed by atoms with Crippen LogP contribution in [0.4, 0.5) is 0 Å². The molecule has 2 aromatic rings. The summed E-state index contributed by atoms with van der Waals surface area (Å²) in [6.07, 6.45) is 0.412. The van der Waals surface area contributed by atoms with E-state index in [4.69, 9.17) is 0 Å². The first-order valence-electron chi connectivity index (χ1n) is 8.24. The number of Topliss-reactive ketones (excluding diaryl/α,β-unsaturated/α-hetero) is 1. The third-order valence-corrected chi connectivity index (χ3v) is 4.57. The van der Waals surface area contributed by atoms with E-state index in [2.05, 4.69) is 26.1 Å². The van der Waals surface area contributed by atoms with Gasteiger partial charge in [-0.1, -0.05) is 58.4 Å². The molecule has 0 saturated carbocycles. The second-order valence-electron chi connectivity index (χ2n) is 6.12. The van der Waals surface area contributed by atoms with Crippen molar-refractivity contribution < 1.29 is 9.59 Å². The molecule has 0 aliphatic rings. The van der Waals surface area contributed by atoms with Crippen LogP contribution in [0, 0.1) is 0 Å². The highest BCUT2D eigenvalue weighted by atomic mass is 79.9. The van der Waals surface area contributed by atoms with Crippen LogP contribution in [0.3, 0.4) is 0 Å². The van der Waals surface area contributed by atoms with Gasteiger partial charge in [-0.05, 0) is 31.8 Å². The summed E-state index contributed by atoms with van der Waals surface area (Å²) in [7, 11) is 3.97. The van der Waals surface area contributed by atoms with Crippen molar-refractivity contribution in [3.05, 3.63) is 70.2 Å². The van der Waals surface area contributed by atoms with Crippen molar-refractivity contribution in [2.75, 3.05) is 20.6 Å². The van der Waals surface area contributed by atoms with Crippen molar-refractivity contribution in [2.24, 2.45) is 0 Å². The SMILES string of the molecule is CN(C)[C@H](CNC(=O)CCC(=O)c1ccc(Br)cc1)c1ccccc1. The Hall–Kier alpha value is -1.98. The lowest BCUT2D eigenvalue weighted by Crippen LogP contribution is -2.34. The number of halogens is 1. The minimum absolute atomic E-state index is 0.0186. The minimum Gasteiger partial charge on any atom is -0.354 e. The molecule has 1 atom stereocenters. The van der Waals surface area contributed by atoms with Crippen LogP contribution in [0.1, 0.15) is 34.8 Å². The molecule has 4 nitrogen and oxygen atoms in total. The molecule has 0 aliphatic heterocycles. The molecule has 2 aromatic carbocycles. The molecule has 0 radical (unpaired) electrons. The van der Waals surface area contributed by atoms with Gasteiger partial charge < -0.3 is 10.2 Å². The van der Waals surface area contributed by atoms with E-state index in [9.17, 15) is 9.59 Å². The summed E-state index contributed by atoms with van der Waals surface area (Å²) in [5, 5.41) is 2.94. The predicted octanol–water partition coefficient (Wildman–Crippen LogP) is 3.83. The number of ketones is 1. The highest BCUT2D eigenvalue weighted by Gasteiger charge is 2.15. The van der Waals surface area contributed by atoms with E-state index in [0.717, 1.165) is 10.0 Å². The van der Waals surface area contributed by atoms with E-state index < -0.39 is 0 Å². The highest BCUT2D eigenvalue weighted by molar-refractivity contribution is 9.10. The number of carbonyl (C=O) groups excluding carboxylic acids is 2. The van der Waals surface area contributed by atoms with Gasteiger partial charge in [-0.25, -0.2) is 0 Å². The maximum atomic E-state index is 12.1. The van der Waals surface area contributed by atoms with Crippen molar-refractivity contribution in [1.29, 1.82) is 0 Å². The van der Waals surface area contributed by atoms with Gasteiger partial charge in [0.25, 0.3) is 0 Å². The summed E-state index contributed by atoms with van der Waals surface area (Å²) >= 11 is 3.34. The predicted molar refractivity (Wildman–Crippen MR) is 104 cm³/mol. The fraction of sp³-hybridized carbons (Fsp3) is 0.300. The smallest absolute Gasteiger partial charge is 0.220 e. The monoisotopic (exact) mass is 402 g/mol. The number of nitrogens with zero attached hydrogens (tertiary/aromatic N) is 1. The number of likely N-dealkylation sites (N-methyl/N-ethyl adjacent to an activating group) is 1. The molecule has 0 bridgehead atoms. The molecule has 5 heteroatoms. The Bertz CT molecular complexity index is 699. The Kier molecular flexibility index (Phi) is 7.34. The first-order chi connectivity index (χ1) is 12.0. The zero-order chi connectivity index (χ0) is 18.2. The van der Waals surface area contributed by atoms with E-state index in [-0.39, 0.29) is 30.6 Å². The topological polar surface area (TPSA) is 49.4 Å². The summed E-state index contributed by atoms with van der Waals surface area (Å²) in [5.41, 5.74) is 1.78. The molecule has 1 amide bonds. The molecular weight excluding hydrogens is 380 g/mol. The summed E-state index contributed by atoms with van der Waals surface area (Å²) in [6.45, 7) is 0.516. The van der Waals surface area contributed by atoms with E-state index in [0.29, 0.717) is 12.1 Å². The van der Waals surface area contributed by atoms with Gasteiger partial charge in [-0.3, -0.25) is 9.59 Å². The van der Waals surface area contributed by atoms with Gasteiger partial charge in [0.15, 0.2) is 5.78 Å². The summed E-state index contributed by atoms with van der Waals surface area (Å²) in [6, 6.07) is 17.3. The van der Waals surface area contributed by atoms with Crippen LogP contribution in [0.15, 0.2) is 59.1 Å². The van der Waals surface area contributed by atoms with Gasteiger partial charge in [-0.15, -0.1) is 0 Å². The van der Waals surface area contributed by atoms with Crippen LogP contribution >= 0.6 is 15.9 Å². The minimum atomic E-state index is -0.103. The van der Waals surface area contributed by atoms with Crippen LogP contribution in [0.25, 0.3) is 0 Å². The van der Waals surface area contributed by atoms with E-state index in [1.807, 2.05) is 56.6 Å². The lowest BCUT2D eigenvalue weighted by molar-refractivity contribution is -0.121. The van der Waals surface area contributed by atoms with Crippen molar-refractivity contribution in [1.82, 2.24) is 10.2 Å². The van der Waals surface area contributed by atoms with Crippen LogP contribution in [-0.2, 0) is 4.79 Å². The normalized spacial score (nSPS) is 12.0. The van der Waals surface area contributed by atoms with Crippen molar-refractivity contribution in [2.45, 2.75) is 18.9 Å².